The number of thioether (sulfide) groups is 1. The Kier molecular flexibility index (Phi) is 6.42. The van der Waals surface area contributed by atoms with E-state index < -0.39 is 5.82 Å². The predicted molar refractivity (Wildman–Crippen MR) is 98.2 cm³/mol. The van der Waals surface area contributed by atoms with Crippen LogP contribution < -0.4 is 0 Å². The van der Waals surface area contributed by atoms with E-state index in [0.717, 1.165) is 32.6 Å². The lowest BCUT2D eigenvalue weighted by Gasteiger charge is -2.33. The molecule has 0 saturated carbocycles. The third kappa shape index (κ3) is 4.44. The van der Waals surface area contributed by atoms with Crippen molar-refractivity contribution in [1.29, 1.82) is 0 Å². The van der Waals surface area contributed by atoms with Gasteiger partial charge >= 0.3 is 0 Å². The fourth-order valence-electron chi connectivity index (χ4n) is 3.57. The minimum atomic E-state index is -0.396. The molecule has 3 nitrogen and oxygen atoms in total. The Morgan fingerprint density at radius 3 is 2.75 bits per heavy atom. The first kappa shape index (κ1) is 18.0. The molecule has 2 aliphatic rings. The third-order valence-electron chi connectivity index (χ3n) is 4.98. The van der Waals surface area contributed by atoms with Crippen molar-refractivity contribution in [2.45, 2.75) is 31.7 Å². The number of carbonyl (C=O) groups excluding carboxylic acids is 1. The minimum Gasteiger partial charge on any atom is -0.341 e. The van der Waals surface area contributed by atoms with E-state index in [2.05, 4.69) is 4.90 Å². The average molecular weight is 371 g/mol. The second-order valence-corrected chi connectivity index (χ2v) is 8.12. The maximum Gasteiger partial charge on any atom is 0.227 e. The molecule has 0 spiro atoms. The van der Waals surface area contributed by atoms with Crippen LogP contribution in [0.15, 0.2) is 18.2 Å². The molecule has 2 saturated heterocycles. The van der Waals surface area contributed by atoms with Crippen LogP contribution in [-0.4, -0.2) is 59.4 Å². The van der Waals surface area contributed by atoms with Crippen LogP contribution in [0.1, 0.15) is 24.8 Å². The predicted octanol–water partition coefficient (Wildman–Crippen LogP) is 3.45. The summed E-state index contributed by atoms with van der Waals surface area (Å²) < 4.78 is 13.9. The number of hydrogen-bond acceptors (Lipinski definition) is 3. The fraction of sp³-hybridized carbons (Fsp3) is 0.611. The number of hydrogen-bond donors (Lipinski definition) is 0. The quantitative estimate of drug-likeness (QED) is 0.814. The lowest BCUT2D eigenvalue weighted by molar-refractivity contribution is -0.130. The van der Waals surface area contributed by atoms with Crippen molar-refractivity contribution in [3.05, 3.63) is 34.6 Å². The zero-order valence-electron chi connectivity index (χ0n) is 13.8. The molecule has 0 aliphatic carbocycles. The monoisotopic (exact) mass is 370 g/mol. The molecule has 0 radical (unpaired) electrons. The van der Waals surface area contributed by atoms with E-state index in [9.17, 15) is 9.18 Å². The summed E-state index contributed by atoms with van der Waals surface area (Å²) in [5.74, 6) is 2.07. The Labute approximate surface area is 152 Å². The van der Waals surface area contributed by atoms with Crippen LogP contribution in [0.4, 0.5) is 4.39 Å². The van der Waals surface area contributed by atoms with Crippen molar-refractivity contribution in [3.8, 4) is 0 Å². The molecular formula is C18H24ClFN2OS. The zero-order chi connectivity index (χ0) is 16.9. The van der Waals surface area contributed by atoms with Gasteiger partial charge in [-0.15, -0.1) is 0 Å². The summed E-state index contributed by atoms with van der Waals surface area (Å²) in [7, 11) is 0. The van der Waals surface area contributed by atoms with Crippen LogP contribution >= 0.6 is 23.4 Å². The molecule has 2 aliphatic heterocycles. The molecule has 1 aromatic rings. The summed E-state index contributed by atoms with van der Waals surface area (Å²) in [5.41, 5.74) is 0.314. The van der Waals surface area contributed by atoms with Crippen LogP contribution in [0, 0.1) is 5.82 Å². The van der Waals surface area contributed by atoms with Gasteiger partial charge in [0.1, 0.15) is 5.82 Å². The molecule has 24 heavy (non-hydrogen) atoms. The smallest absolute Gasteiger partial charge is 0.227 e. The van der Waals surface area contributed by atoms with Crippen LogP contribution in [-0.2, 0) is 11.2 Å². The van der Waals surface area contributed by atoms with Gasteiger partial charge in [0.05, 0.1) is 6.42 Å². The van der Waals surface area contributed by atoms with Gasteiger partial charge in [-0.3, -0.25) is 9.69 Å². The highest BCUT2D eigenvalue weighted by Gasteiger charge is 2.26. The van der Waals surface area contributed by atoms with E-state index >= 15 is 0 Å². The second kappa shape index (κ2) is 8.54. The molecule has 1 amide bonds. The van der Waals surface area contributed by atoms with Gasteiger partial charge in [-0.2, -0.15) is 11.8 Å². The largest absolute Gasteiger partial charge is 0.341 e. The van der Waals surface area contributed by atoms with E-state index in [1.807, 2.05) is 16.7 Å². The van der Waals surface area contributed by atoms with Crippen LogP contribution in [0.2, 0.25) is 5.02 Å². The summed E-state index contributed by atoms with van der Waals surface area (Å²) in [6, 6.07) is 5.23. The maximum absolute atomic E-state index is 13.9. The van der Waals surface area contributed by atoms with Gasteiger partial charge in [-0.05, 0) is 42.9 Å². The number of carbonyl (C=O) groups is 1. The van der Waals surface area contributed by atoms with Gasteiger partial charge in [-0.25, -0.2) is 4.39 Å². The van der Waals surface area contributed by atoms with Gasteiger partial charge in [0.15, 0.2) is 0 Å². The van der Waals surface area contributed by atoms with E-state index in [0.29, 0.717) is 16.6 Å². The highest BCUT2D eigenvalue weighted by atomic mass is 35.5. The Morgan fingerprint density at radius 1 is 1.21 bits per heavy atom. The average Bonchev–Trinajstić information content (AvgIpc) is 2.85. The number of halogens is 2. The van der Waals surface area contributed by atoms with Crippen LogP contribution in [0.5, 0.6) is 0 Å². The molecule has 6 heteroatoms. The summed E-state index contributed by atoms with van der Waals surface area (Å²) in [6.07, 6.45) is 3.54. The number of rotatable bonds is 3. The molecule has 3 rings (SSSR count). The zero-order valence-corrected chi connectivity index (χ0v) is 15.4. The van der Waals surface area contributed by atoms with E-state index in [-0.39, 0.29) is 12.3 Å². The summed E-state index contributed by atoms with van der Waals surface area (Å²) in [5, 5.41) is 0.333. The molecule has 0 atom stereocenters. The third-order valence-corrected chi connectivity index (χ3v) is 6.38. The van der Waals surface area contributed by atoms with E-state index in [4.69, 9.17) is 11.6 Å². The molecule has 0 aromatic heterocycles. The molecule has 2 heterocycles. The van der Waals surface area contributed by atoms with Crippen molar-refractivity contribution in [1.82, 2.24) is 9.80 Å². The van der Waals surface area contributed by atoms with Crippen LogP contribution in [0.3, 0.4) is 0 Å². The van der Waals surface area contributed by atoms with Gasteiger partial charge < -0.3 is 4.90 Å². The fourth-order valence-corrected chi connectivity index (χ4v) is 4.88. The maximum atomic E-state index is 13.9. The molecule has 0 bridgehead atoms. The molecule has 0 unspecified atom stereocenters. The van der Waals surface area contributed by atoms with Gasteiger partial charge in [-0.1, -0.05) is 17.7 Å². The molecule has 132 valence electrons. The minimum absolute atomic E-state index is 0.0250. The molecule has 1 aromatic carbocycles. The Bertz CT molecular complexity index is 560. The Morgan fingerprint density at radius 2 is 2.00 bits per heavy atom. The van der Waals surface area contributed by atoms with Gasteiger partial charge in [0.2, 0.25) is 5.91 Å². The van der Waals surface area contributed by atoms with Crippen molar-refractivity contribution in [2.75, 3.05) is 37.7 Å². The molecule has 2 fully saturated rings. The SMILES string of the molecule is O=C(Cc1c(F)cccc1Cl)N1CCCN(C2CCSCC2)CC1. The van der Waals surface area contributed by atoms with Crippen molar-refractivity contribution in [3.63, 3.8) is 0 Å². The number of amides is 1. The topological polar surface area (TPSA) is 23.6 Å². The summed E-state index contributed by atoms with van der Waals surface area (Å²) in [6.45, 7) is 3.46. The highest BCUT2D eigenvalue weighted by molar-refractivity contribution is 7.99. The van der Waals surface area contributed by atoms with E-state index in [1.54, 1.807) is 12.1 Å². The van der Waals surface area contributed by atoms with Crippen molar-refractivity contribution >= 4 is 29.3 Å². The molecular weight excluding hydrogens is 347 g/mol. The first-order valence-electron chi connectivity index (χ1n) is 8.67. The standard InChI is InChI=1S/C18H24ClFN2OS/c19-16-3-1-4-17(20)15(16)13-18(23)22-8-2-7-21(9-10-22)14-5-11-24-12-6-14/h1,3-4,14H,2,5-13H2. The number of nitrogens with zero attached hydrogens (tertiary/aromatic N) is 2. The Hall–Kier alpha value is -0.780. The Balaban J connectivity index is 1.58. The first-order chi connectivity index (χ1) is 11.6. The van der Waals surface area contributed by atoms with Gasteiger partial charge in [0, 0.05) is 42.8 Å². The number of benzene rings is 1. The summed E-state index contributed by atoms with van der Waals surface area (Å²) in [4.78, 5) is 17.0. The summed E-state index contributed by atoms with van der Waals surface area (Å²) >= 11 is 8.09. The lowest BCUT2D eigenvalue weighted by Crippen LogP contribution is -2.41. The lowest BCUT2D eigenvalue weighted by atomic mass is 10.1. The molecule has 0 N–H and O–H groups in total. The van der Waals surface area contributed by atoms with Crippen molar-refractivity contribution < 1.29 is 9.18 Å². The van der Waals surface area contributed by atoms with Gasteiger partial charge in [0.25, 0.3) is 0 Å². The highest BCUT2D eigenvalue weighted by Crippen LogP contribution is 2.24. The van der Waals surface area contributed by atoms with E-state index in [1.165, 1.54) is 30.4 Å². The van der Waals surface area contributed by atoms with Crippen molar-refractivity contribution in [2.24, 2.45) is 0 Å². The second-order valence-electron chi connectivity index (χ2n) is 6.49. The normalized spacial score (nSPS) is 20.8. The van der Waals surface area contributed by atoms with Crippen LogP contribution in [0.25, 0.3) is 0 Å². The first-order valence-corrected chi connectivity index (χ1v) is 10.2.